The smallest absolute Gasteiger partial charge is 0.302 e. The molecule has 1 aromatic carbocycles. The number of rotatable bonds is 3. The molecule has 0 heterocycles. The van der Waals surface area contributed by atoms with Crippen LogP contribution in [0.1, 0.15) is 37.8 Å². The summed E-state index contributed by atoms with van der Waals surface area (Å²) in [6, 6.07) is 2.92. The minimum Gasteiger partial charge on any atom is -0.508 e. The zero-order valence-electron chi connectivity index (χ0n) is 9.65. The van der Waals surface area contributed by atoms with E-state index in [0.717, 1.165) is 0 Å². The van der Waals surface area contributed by atoms with E-state index in [0.29, 0.717) is 11.1 Å². The second-order valence-electron chi connectivity index (χ2n) is 3.97. The van der Waals surface area contributed by atoms with Gasteiger partial charge in [-0.3, -0.25) is 4.79 Å². The minimum absolute atomic E-state index is 0.0303. The number of carbonyl (C=O) groups is 1. The zero-order chi connectivity index (χ0) is 12.3. The van der Waals surface area contributed by atoms with Gasteiger partial charge in [0, 0.05) is 18.1 Å². The minimum atomic E-state index is -0.424. The van der Waals surface area contributed by atoms with Gasteiger partial charge in [0.05, 0.1) is 0 Å². The summed E-state index contributed by atoms with van der Waals surface area (Å²) in [5.41, 5.74) is 1.07. The second kappa shape index (κ2) is 4.88. The number of esters is 1. The van der Waals surface area contributed by atoms with Crippen molar-refractivity contribution < 1.29 is 19.7 Å². The summed E-state index contributed by atoms with van der Waals surface area (Å²) < 4.78 is 4.75. The van der Waals surface area contributed by atoms with Crippen molar-refractivity contribution in [3.05, 3.63) is 23.3 Å². The standard InChI is InChI=1S/C12H16O4/c1-7(2)10-5-11(14)9(4-12(10)15)6-16-8(3)13/h4-5,7,14-15H,6H2,1-3H3. The van der Waals surface area contributed by atoms with Crippen molar-refractivity contribution in [1.29, 1.82) is 0 Å². The predicted molar refractivity (Wildman–Crippen MR) is 59.3 cm³/mol. The summed E-state index contributed by atoms with van der Waals surface area (Å²) in [5, 5.41) is 19.4. The lowest BCUT2D eigenvalue weighted by Crippen LogP contribution is -2.00. The van der Waals surface area contributed by atoms with Gasteiger partial charge in [-0.2, -0.15) is 0 Å². The number of hydrogen-bond donors (Lipinski definition) is 2. The molecule has 0 aliphatic heterocycles. The molecule has 0 saturated heterocycles. The summed E-state index contributed by atoms with van der Waals surface area (Å²) in [6.45, 7) is 5.09. The molecule has 0 aromatic heterocycles. The van der Waals surface area contributed by atoms with E-state index < -0.39 is 5.97 Å². The van der Waals surface area contributed by atoms with Crippen LogP contribution in [0.25, 0.3) is 0 Å². The second-order valence-corrected chi connectivity index (χ2v) is 3.97. The summed E-state index contributed by atoms with van der Waals surface area (Å²) in [7, 11) is 0. The fourth-order valence-corrected chi connectivity index (χ4v) is 1.39. The van der Waals surface area contributed by atoms with E-state index in [1.165, 1.54) is 19.1 Å². The highest BCUT2D eigenvalue weighted by Gasteiger charge is 2.12. The highest BCUT2D eigenvalue weighted by Crippen LogP contribution is 2.32. The van der Waals surface area contributed by atoms with Crippen LogP contribution < -0.4 is 0 Å². The number of carbonyl (C=O) groups excluding carboxylic acids is 1. The van der Waals surface area contributed by atoms with Crippen LogP contribution >= 0.6 is 0 Å². The SMILES string of the molecule is CC(=O)OCc1cc(O)c(C(C)C)cc1O. The lowest BCUT2D eigenvalue weighted by Gasteiger charge is -2.12. The third-order valence-electron chi connectivity index (χ3n) is 2.28. The maximum Gasteiger partial charge on any atom is 0.302 e. The van der Waals surface area contributed by atoms with Crippen LogP contribution in [0, 0.1) is 0 Å². The van der Waals surface area contributed by atoms with E-state index in [2.05, 4.69) is 0 Å². The van der Waals surface area contributed by atoms with Gasteiger partial charge in [-0.1, -0.05) is 13.8 Å². The maximum atomic E-state index is 10.6. The summed E-state index contributed by atoms with van der Waals surface area (Å²) in [5.74, 6) is -0.168. The van der Waals surface area contributed by atoms with E-state index >= 15 is 0 Å². The largest absolute Gasteiger partial charge is 0.508 e. The molecule has 1 aromatic rings. The van der Waals surface area contributed by atoms with E-state index in [4.69, 9.17) is 4.74 Å². The van der Waals surface area contributed by atoms with Crippen molar-refractivity contribution in [2.75, 3.05) is 0 Å². The molecule has 0 fully saturated rings. The molecule has 4 heteroatoms. The predicted octanol–water partition coefficient (Wildman–Crippen LogP) is 2.28. The highest BCUT2D eigenvalue weighted by atomic mass is 16.5. The van der Waals surface area contributed by atoms with Gasteiger partial charge >= 0.3 is 5.97 Å². The lowest BCUT2D eigenvalue weighted by atomic mass is 10.00. The Morgan fingerprint density at radius 2 is 1.94 bits per heavy atom. The molecule has 1 rings (SSSR count). The Morgan fingerprint density at radius 1 is 1.31 bits per heavy atom. The van der Waals surface area contributed by atoms with Gasteiger partial charge in [0.1, 0.15) is 18.1 Å². The summed E-state index contributed by atoms with van der Waals surface area (Å²) in [4.78, 5) is 10.6. The Bertz CT molecular complexity index is 396. The number of phenolic OH excluding ortho intramolecular Hbond substituents is 2. The van der Waals surface area contributed by atoms with Gasteiger partial charge in [-0.05, 0) is 18.1 Å². The molecule has 2 N–H and O–H groups in total. The average molecular weight is 224 g/mol. The first kappa shape index (κ1) is 12.4. The molecule has 16 heavy (non-hydrogen) atoms. The number of ether oxygens (including phenoxy) is 1. The summed E-state index contributed by atoms with van der Waals surface area (Å²) >= 11 is 0. The van der Waals surface area contributed by atoms with Gasteiger partial charge in [0.15, 0.2) is 0 Å². The molecule has 0 amide bonds. The molecule has 0 unspecified atom stereocenters. The van der Waals surface area contributed by atoms with Crippen LogP contribution in [-0.2, 0) is 16.1 Å². The zero-order valence-corrected chi connectivity index (χ0v) is 9.65. The topological polar surface area (TPSA) is 66.8 Å². The molecule has 0 atom stereocenters. The van der Waals surface area contributed by atoms with Crippen molar-refractivity contribution in [1.82, 2.24) is 0 Å². The normalized spacial score (nSPS) is 10.5. The fourth-order valence-electron chi connectivity index (χ4n) is 1.39. The Labute approximate surface area is 94.5 Å². The van der Waals surface area contributed by atoms with Crippen molar-refractivity contribution in [3.63, 3.8) is 0 Å². The van der Waals surface area contributed by atoms with E-state index in [1.807, 2.05) is 13.8 Å². The Hall–Kier alpha value is -1.71. The molecule has 4 nitrogen and oxygen atoms in total. The maximum absolute atomic E-state index is 10.6. The lowest BCUT2D eigenvalue weighted by molar-refractivity contribution is -0.142. The van der Waals surface area contributed by atoms with Crippen molar-refractivity contribution >= 4 is 5.97 Å². The number of aromatic hydroxyl groups is 2. The van der Waals surface area contributed by atoms with Gasteiger partial charge in [0.2, 0.25) is 0 Å². The van der Waals surface area contributed by atoms with Gasteiger partial charge in [0.25, 0.3) is 0 Å². The monoisotopic (exact) mass is 224 g/mol. The van der Waals surface area contributed by atoms with E-state index in [9.17, 15) is 15.0 Å². The molecular formula is C12H16O4. The summed E-state index contributed by atoms with van der Waals surface area (Å²) in [6.07, 6.45) is 0. The van der Waals surface area contributed by atoms with Crippen LogP contribution in [0.5, 0.6) is 11.5 Å². The van der Waals surface area contributed by atoms with E-state index in [-0.39, 0.29) is 24.0 Å². The van der Waals surface area contributed by atoms with Crippen LogP contribution in [0.15, 0.2) is 12.1 Å². The number of hydrogen-bond acceptors (Lipinski definition) is 4. The van der Waals surface area contributed by atoms with Crippen LogP contribution in [0.2, 0.25) is 0 Å². The third-order valence-corrected chi connectivity index (χ3v) is 2.28. The molecule has 0 radical (unpaired) electrons. The van der Waals surface area contributed by atoms with Gasteiger partial charge in [-0.25, -0.2) is 0 Å². The number of phenols is 2. The van der Waals surface area contributed by atoms with Gasteiger partial charge < -0.3 is 14.9 Å². The van der Waals surface area contributed by atoms with Crippen molar-refractivity contribution in [3.8, 4) is 11.5 Å². The van der Waals surface area contributed by atoms with Crippen molar-refractivity contribution in [2.24, 2.45) is 0 Å². The molecular weight excluding hydrogens is 208 g/mol. The first-order chi connectivity index (χ1) is 7.41. The highest BCUT2D eigenvalue weighted by molar-refractivity contribution is 5.66. The number of benzene rings is 1. The van der Waals surface area contributed by atoms with Crippen LogP contribution in [-0.4, -0.2) is 16.2 Å². The Kier molecular flexibility index (Phi) is 3.77. The van der Waals surface area contributed by atoms with E-state index in [1.54, 1.807) is 0 Å². The molecule has 0 saturated carbocycles. The molecule has 0 aliphatic rings. The molecule has 88 valence electrons. The first-order valence-electron chi connectivity index (χ1n) is 5.10. The van der Waals surface area contributed by atoms with Crippen molar-refractivity contribution in [2.45, 2.75) is 33.3 Å². The van der Waals surface area contributed by atoms with Gasteiger partial charge in [-0.15, -0.1) is 0 Å². The average Bonchev–Trinajstić information content (AvgIpc) is 2.18. The fraction of sp³-hybridized carbons (Fsp3) is 0.417. The Balaban J connectivity index is 2.96. The molecule has 0 aliphatic carbocycles. The molecule has 0 bridgehead atoms. The molecule has 0 spiro atoms. The Morgan fingerprint density at radius 3 is 2.44 bits per heavy atom. The quantitative estimate of drug-likeness (QED) is 0.610. The van der Waals surface area contributed by atoms with Crippen LogP contribution in [0.3, 0.4) is 0 Å². The first-order valence-corrected chi connectivity index (χ1v) is 5.10. The van der Waals surface area contributed by atoms with Crippen LogP contribution in [0.4, 0.5) is 0 Å². The third kappa shape index (κ3) is 2.89.